The van der Waals surface area contributed by atoms with Crippen molar-refractivity contribution in [3.63, 3.8) is 0 Å². The number of nitrogens with one attached hydrogen (secondary N) is 1. The molecule has 3 rings (SSSR count). The van der Waals surface area contributed by atoms with E-state index in [0.29, 0.717) is 26.9 Å². The molecule has 0 unspecified atom stereocenters. The van der Waals surface area contributed by atoms with Gasteiger partial charge in [-0.1, -0.05) is 46.6 Å². The number of benzene rings is 1. The molecule has 0 aliphatic heterocycles. The van der Waals surface area contributed by atoms with E-state index >= 15 is 0 Å². The van der Waals surface area contributed by atoms with E-state index in [2.05, 4.69) is 19.9 Å². The van der Waals surface area contributed by atoms with Crippen molar-refractivity contribution >= 4 is 57.6 Å². The Bertz CT molecular complexity index is 874. The zero-order valence-electron chi connectivity index (χ0n) is 11.5. The molecular weight excluding hydrogens is 408 g/mol. The van der Waals surface area contributed by atoms with Gasteiger partial charge in [-0.25, -0.2) is 15.0 Å². The highest BCUT2D eigenvalue weighted by Gasteiger charge is 2.35. The average molecular weight is 414 g/mol. The normalized spacial score (nSPS) is 12.1. The van der Waals surface area contributed by atoms with Crippen LogP contribution in [-0.2, 0) is 11.9 Å². The Kier molecular flexibility index (Phi) is 4.83. The van der Waals surface area contributed by atoms with Gasteiger partial charge in [-0.3, -0.25) is 0 Å². The minimum absolute atomic E-state index is 0.0962. The molecule has 0 saturated heterocycles. The number of fused-ring (bicyclic) bond motifs is 1. The molecule has 4 nitrogen and oxygen atoms in total. The minimum atomic E-state index is -4.66. The van der Waals surface area contributed by atoms with Crippen LogP contribution in [0.2, 0.25) is 15.2 Å². The first-order valence-electron chi connectivity index (χ1n) is 6.30. The zero-order valence-corrected chi connectivity index (χ0v) is 14.5. The fourth-order valence-electron chi connectivity index (χ4n) is 1.87. The highest BCUT2D eigenvalue weighted by molar-refractivity contribution is 7.98. The van der Waals surface area contributed by atoms with Crippen LogP contribution in [0.25, 0.3) is 11.0 Å². The fraction of sp³-hybridized carbons (Fsp3) is 0.154. The van der Waals surface area contributed by atoms with Crippen LogP contribution in [-0.4, -0.2) is 19.9 Å². The number of thioether (sulfide) groups is 1. The van der Waals surface area contributed by atoms with Gasteiger partial charge in [-0.2, -0.15) is 13.2 Å². The molecule has 1 aromatic carbocycles. The number of hydrogen-bond donors (Lipinski definition) is 1. The van der Waals surface area contributed by atoms with E-state index in [-0.39, 0.29) is 15.9 Å². The second-order valence-corrected chi connectivity index (χ2v) is 6.80. The van der Waals surface area contributed by atoms with Crippen LogP contribution in [0.4, 0.5) is 13.2 Å². The first-order valence-corrected chi connectivity index (χ1v) is 8.42. The molecular formula is C13H6Cl3F3N4S. The summed E-state index contributed by atoms with van der Waals surface area (Å²) in [6.45, 7) is 0. The molecule has 0 amide bonds. The van der Waals surface area contributed by atoms with Crippen molar-refractivity contribution in [2.45, 2.75) is 17.0 Å². The van der Waals surface area contributed by atoms with Crippen molar-refractivity contribution < 1.29 is 13.2 Å². The lowest BCUT2D eigenvalue weighted by Crippen LogP contribution is -2.11. The molecule has 0 bridgehead atoms. The molecule has 0 aliphatic carbocycles. The van der Waals surface area contributed by atoms with Crippen LogP contribution in [0.3, 0.4) is 0 Å². The van der Waals surface area contributed by atoms with Crippen molar-refractivity contribution in [3.8, 4) is 0 Å². The van der Waals surface area contributed by atoms with E-state index in [1.165, 1.54) is 6.07 Å². The Morgan fingerprint density at radius 2 is 1.71 bits per heavy atom. The van der Waals surface area contributed by atoms with E-state index in [1.54, 1.807) is 12.1 Å². The van der Waals surface area contributed by atoms with Gasteiger partial charge in [0.05, 0.1) is 26.8 Å². The fourth-order valence-corrected chi connectivity index (χ4v) is 3.20. The Hall–Kier alpha value is -1.22. The maximum absolute atomic E-state index is 12.7. The van der Waals surface area contributed by atoms with Crippen molar-refractivity contribution in [2.24, 2.45) is 0 Å². The number of alkyl halides is 3. The van der Waals surface area contributed by atoms with Crippen LogP contribution in [0.1, 0.15) is 11.6 Å². The molecule has 3 aromatic rings. The van der Waals surface area contributed by atoms with Gasteiger partial charge >= 0.3 is 6.18 Å². The summed E-state index contributed by atoms with van der Waals surface area (Å²) in [5.41, 5.74) is 1.29. The van der Waals surface area contributed by atoms with Crippen molar-refractivity contribution in [3.05, 3.63) is 45.0 Å². The van der Waals surface area contributed by atoms with Gasteiger partial charge in [-0.15, -0.1) is 0 Å². The second kappa shape index (κ2) is 6.59. The molecule has 11 heteroatoms. The van der Waals surface area contributed by atoms with Crippen LogP contribution in [0.5, 0.6) is 0 Å². The smallest absolute Gasteiger partial charge is 0.341 e. The molecule has 2 heterocycles. The molecule has 0 aliphatic rings. The molecule has 0 saturated carbocycles. The molecule has 0 spiro atoms. The number of imidazole rings is 1. The van der Waals surface area contributed by atoms with E-state index < -0.39 is 12.0 Å². The topological polar surface area (TPSA) is 54.5 Å². The lowest BCUT2D eigenvalue weighted by Gasteiger charge is -2.06. The number of nitrogens with zero attached hydrogens (tertiary/aromatic N) is 3. The van der Waals surface area contributed by atoms with Crippen molar-refractivity contribution in [1.29, 1.82) is 0 Å². The van der Waals surface area contributed by atoms with Crippen molar-refractivity contribution in [1.82, 2.24) is 19.9 Å². The summed E-state index contributed by atoms with van der Waals surface area (Å²) < 4.78 is 38.1. The third-order valence-corrected chi connectivity index (χ3v) is 4.69. The Morgan fingerprint density at radius 3 is 2.42 bits per heavy atom. The predicted octanol–water partition coefficient (Wildman–Crippen LogP) is 5.62. The number of H-pyrrole nitrogens is 1. The average Bonchev–Trinajstić information content (AvgIpc) is 2.86. The first-order chi connectivity index (χ1) is 11.2. The van der Waals surface area contributed by atoms with E-state index in [4.69, 9.17) is 34.8 Å². The monoisotopic (exact) mass is 412 g/mol. The summed E-state index contributed by atoms with van der Waals surface area (Å²) in [5, 5.41) is 0.568. The van der Waals surface area contributed by atoms with E-state index in [9.17, 15) is 13.2 Å². The maximum atomic E-state index is 12.7. The molecule has 2 aromatic heterocycles. The van der Waals surface area contributed by atoms with Gasteiger partial charge < -0.3 is 4.98 Å². The summed E-state index contributed by atoms with van der Waals surface area (Å²) in [6.07, 6.45) is -4.66. The molecule has 1 N–H and O–H groups in total. The maximum Gasteiger partial charge on any atom is 0.451 e. The van der Waals surface area contributed by atoms with Crippen molar-refractivity contribution in [2.75, 3.05) is 0 Å². The Morgan fingerprint density at radius 1 is 1.00 bits per heavy atom. The highest BCUT2D eigenvalue weighted by Crippen LogP contribution is 2.31. The van der Waals surface area contributed by atoms with Gasteiger partial charge in [0.1, 0.15) is 16.0 Å². The van der Waals surface area contributed by atoms with E-state index in [0.717, 1.165) is 11.8 Å². The largest absolute Gasteiger partial charge is 0.451 e. The number of aromatic nitrogens is 4. The Balaban J connectivity index is 1.82. The number of hydrogen-bond acceptors (Lipinski definition) is 4. The highest BCUT2D eigenvalue weighted by atomic mass is 35.5. The molecule has 126 valence electrons. The number of rotatable bonds is 3. The summed E-state index contributed by atoms with van der Waals surface area (Å²) in [7, 11) is 0. The third kappa shape index (κ3) is 3.88. The van der Waals surface area contributed by atoms with Gasteiger partial charge in [0.2, 0.25) is 5.82 Å². The lowest BCUT2D eigenvalue weighted by molar-refractivity contribution is -0.145. The minimum Gasteiger partial charge on any atom is -0.341 e. The summed E-state index contributed by atoms with van der Waals surface area (Å²) >= 11 is 18.5. The second-order valence-electron chi connectivity index (χ2n) is 4.61. The lowest BCUT2D eigenvalue weighted by atomic mass is 10.3. The summed E-state index contributed by atoms with van der Waals surface area (Å²) in [4.78, 5) is 14.0. The third-order valence-electron chi connectivity index (χ3n) is 2.85. The van der Waals surface area contributed by atoms with Gasteiger partial charge in [-0.05, 0) is 12.1 Å². The van der Waals surface area contributed by atoms with E-state index in [1.807, 2.05) is 0 Å². The van der Waals surface area contributed by atoms with Crippen LogP contribution < -0.4 is 0 Å². The summed E-state index contributed by atoms with van der Waals surface area (Å²) in [6, 6.07) is 4.49. The van der Waals surface area contributed by atoms with Gasteiger partial charge in [0, 0.05) is 6.07 Å². The number of halogens is 6. The SMILES string of the molecule is FC(F)(F)c1nc(Cl)cc(SCc2nc3cc(Cl)c(Cl)cc3[nH]2)n1. The molecule has 0 atom stereocenters. The summed E-state index contributed by atoms with van der Waals surface area (Å²) in [5.74, 6) is -0.480. The molecule has 0 fully saturated rings. The zero-order chi connectivity index (χ0) is 17.5. The van der Waals surface area contributed by atoms with Gasteiger partial charge in [0.15, 0.2) is 0 Å². The Labute approximate surface area is 152 Å². The predicted molar refractivity (Wildman–Crippen MR) is 87.7 cm³/mol. The van der Waals surface area contributed by atoms with Gasteiger partial charge in [0.25, 0.3) is 0 Å². The standard InChI is InChI=1S/C13H6Cl3F3N4S/c14-5-1-7-8(2-6(5)15)21-10(20-7)4-24-11-3-9(16)22-12(23-11)13(17,18)19/h1-3H,4H2,(H,20,21). The quantitative estimate of drug-likeness (QED) is 0.447. The number of aromatic amines is 1. The van der Waals surface area contributed by atoms with Crippen LogP contribution in [0.15, 0.2) is 23.2 Å². The molecule has 0 radical (unpaired) electrons. The molecule has 24 heavy (non-hydrogen) atoms. The van der Waals surface area contributed by atoms with Crippen LogP contribution in [0, 0.1) is 0 Å². The van der Waals surface area contributed by atoms with Crippen LogP contribution >= 0.6 is 46.6 Å². The first kappa shape index (κ1) is 17.6.